The number of aldehydes is 1. The van der Waals surface area contributed by atoms with Crippen molar-refractivity contribution < 1.29 is 31.1 Å². The van der Waals surface area contributed by atoms with Crippen molar-refractivity contribution in [3.05, 3.63) is 33.8 Å². The molecule has 0 N–H and O–H groups in total. The van der Waals surface area contributed by atoms with Gasteiger partial charge >= 0.3 is 12.4 Å². The highest BCUT2D eigenvalue weighted by Crippen LogP contribution is 2.43. The zero-order chi connectivity index (χ0) is 13.4. The summed E-state index contributed by atoms with van der Waals surface area (Å²) in [6.45, 7) is 0. The summed E-state index contributed by atoms with van der Waals surface area (Å²) in [6, 6.07) is 0.770. The Balaban J connectivity index is 3.61. The summed E-state index contributed by atoms with van der Waals surface area (Å²) < 4.78 is 74.3. The highest BCUT2D eigenvalue weighted by atomic mass is 35.5. The molecule has 0 bridgehead atoms. The average Bonchev–Trinajstić information content (AvgIpc) is 2.12. The van der Waals surface area contributed by atoms with E-state index in [-0.39, 0.29) is 6.29 Å². The highest BCUT2D eigenvalue weighted by Gasteiger charge is 2.42. The monoisotopic (exact) mass is 276 g/mol. The summed E-state index contributed by atoms with van der Waals surface area (Å²) in [5, 5.41) is -1.52. The Morgan fingerprint density at radius 2 is 1.53 bits per heavy atom. The van der Waals surface area contributed by atoms with E-state index in [9.17, 15) is 31.1 Å². The molecule has 0 spiro atoms. The lowest BCUT2D eigenvalue weighted by atomic mass is 10.0. The van der Waals surface area contributed by atoms with E-state index in [1.165, 1.54) is 0 Å². The number of benzene rings is 1. The van der Waals surface area contributed by atoms with Gasteiger partial charge in [0.25, 0.3) is 0 Å². The Hall–Kier alpha value is -1.24. The van der Waals surface area contributed by atoms with Gasteiger partial charge in [-0.1, -0.05) is 17.7 Å². The van der Waals surface area contributed by atoms with Crippen LogP contribution in [0.1, 0.15) is 21.5 Å². The molecule has 1 aromatic carbocycles. The molecule has 0 fully saturated rings. The largest absolute Gasteiger partial charge is 0.418 e. The van der Waals surface area contributed by atoms with Crippen LogP contribution in [-0.4, -0.2) is 6.29 Å². The molecule has 0 saturated heterocycles. The molecule has 0 amide bonds. The second-order valence-corrected chi connectivity index (χ2v) is 3.38. The molecule has 0 radical (unpaired) electrons. The fourth-order valence-electron chi connectivity index (χ4n) is 1.20. The van der Waals surface area contributed by atoms with Gasteiger partial charge in [-0.15, -0.1) is 0 Å². The zero-order valence-electron chi connectivity index (χ0n) is 7.79. The minimum absolute atomic E-state index is 0.200. The average molecular weight is 277 g/mol. The van der Waals surface area contributed by atoms with E-state index < -0.39 is 34.1 Å². The van der Waals surface area contributed by atoms with Gasteiger partial charge in [0.1, 0.15) is 0 Å². The van der Waals surface area contributed by atoms with E-state index in [0.29, 0.717) is 12.1 Å². The summed E-state index contributed by atoms with van der Waals surface area (Å²) in [4.78, 5) is 10.3. The third kappa shape index (κ3) is 2.71. The van der Waals surface area contributed by atoms with Crippen LogP contribution in [0, 0.1) is 0 Å². The van der Waals surface area contributed by atoms with Crippen LogP contribution in [0.4, 0.5) is 26.3 Å². The van der Waals surface area contributed by atoms with Crippen molar-refractivity contribution in [1.29, 1.82) is 0 Å². The van der Waals surface area contributed by atoms with Crippen molar-refractivity contribution in [2.45, 2.75) is 12.4 Å². The zero-order valence-corrected chi connectivity index (χ0v) is 8.54. The van der Waals surface area contributed by atoms with E-state index in [1.807, 2.05) is 0 Å². The Bertz CT molecular complexity index is 448. The second kappa shape index (κ2) is 4.21. The van der Waals surface area contributed by atoms with Crippen LogP contribution in [0.5, 0.6) is 0 Å². The minimum Gasteiger partial charge on any atom is -0.298 e. The molecule has 0 aromatic heterocycles. The first-order valence-corrected chi connectivity index (χ1v) is 4.39. The number of halogens is 7. The molecule has 0 atom stereocenters. The van der Waals surface area contributed by atoms with Crippen molar-refractivity contribution in [2.24, 2.45) is 0 Å². The molecule has 1 nitrogen and oxygen atoms in total. The number of hydrogen-bond acceptors (Lipinski definition) is 1. The van der Waals surface area contributed by atoms with E-state index in [1.54, 1.807) is 0 Å². The molecular formula is C9H3ClF6O. The van der Waals surface area contributed by atoms with E-state index >= 15 is 0 Å². The number of rotatable bonds is 1. The number of alkyl halides is 6. The maximum Gasteiger partial charge on any atom is 0.418 e. The Kier molecular flexibility index (Phi) is 3.42. The fourth-order valence-corrected chi connectivity index (χ4v) is 1.58. The van der Waals surface area contributed by atoms with Crippen LogP contribution < -0.4 is 0 Å². The third-order valence-electron chi connectivity index (χ3n) is 1.89. The fraction of sp³-hybridized carbons (Fsp3) is 0.222. The summed E-state index contributed by atoms with van der Waals surface area (Å²) in [5.41, 5.74) is -4.34. The molecule has 0 heterocycles. The van der Waals surface area contributed by atoms with Gasteiger partial charge in [0.05, 0.1) is 16.1 Å². The first-order chi connectivity index (χ1) is 7.59. The maximum atomic E-state index is 12.5. The molecule has 0 unspecified atom stereocenters. The molecule has 0 aliphatic rings. The molecule has 8 heteroatoms. The SMILES string of the molecule is O=Cc1ccc(C(F)(F)F)c(Cl)c1C(F)(F)F. The Morgan fingerprint density at radius 3 is 1.88 bits per heavy atom. The number of carbonyl (C=O) groups is 1. The van der Waals surface area contributed by atoms with Crippen LogP contribution in [0.2, 0.25) is 5.02 Å². The minimum atomic E-state index is -5.13. The van der Waals surface area contributed by atoms with Gasteiger partial charge in [-0.05, 0) is 6.07 Å². The van der Waals surface area contributed by atoms with Crippen LogP contribution >= 0.6 is 11.6 Å². The van der Waals surface area contributed by atoms with Crippen molar-refractivity contribution in [2.75, 3.05) is 0 Å². The summed E-state index contributed by atoms with van der Waals surface area (Å²) in [7, 11) is 0. The smallest absolute Gasteiger partial charge is 0.298 e. The summed E-state index contributed by atoms with van der Waals surface area (Å²) in [5.74, 6) is 0. The lowest BCUT2D eigenvalue weighted by Gasteiger charge is -2.16. The first-order valence-electron chi connectivity index (χ1n) is 4.01. The summed E-state index contributed by atoms with van der Waals surface area (Å²) >= 11 is 5.06. The lowest BCUT2D eigenvalue weighted by molar-refractivity contribution is -0.143. The standard InChI is InChI=1S/C9H3ClF6O/c10-7-5(8(11,12)13)2-1-4(3-17)6(7)9(14,15)16/h1-3H. The van der Waals surface area contributed by atoms with E-state index in [4.69, 9.17) is 11.6 Å². The second-order valence-electron chi connectivity index (χ2n) is 3.00. The molecule has 0 saturated carbocycles. The lowest BCUT2D eigenvalue weighted by Crippen LogP contribution is -2.15. The third-order valence-corrected chi connectivity index (χ3v) is 2.28. The van der Waals surface area contributed by atoms with Gasteiger partial charge in [-0.3, -0.25) is 4.79 Å². The predicted molar refractivity (Wildman–Crippen MR) is 46.8 cm³/mol. The molecule has 0 aliphatic carbocycles. The van der Waals surface area contributed by atoms with Crippen LogP contribution in [-0.2, 0) is 12.4 Å². The molecule has 0 aliphatic heterocycles. The number of carbonyl (C=O) groups excluding carboxylic acids is 1. The van der Waals surface area contributed by atoms with E-state index in [2.05, 4.69) is 0 Å². The molecule has 94 valence electrons. The van der Waals surface area contributed by atoms with Gasteiger partial charge in [0, 0.05) is 5.56 Å². The Morgan fingerprint density at radius 1 is 1.00 bits per heavy atom. The van der Waals surface area contributed by atoms with Gasteiger partial charge in [0.15, 0.2) is 6.29 Å². The predicted octanol–water partition coefficient (Wildman–Crippen LogP) is 4.19. The molecule has 1 aromatic rings. The van der Waals surface area contributed by atoms with Crippen LogP contribution in [0.15, 0.2) is 12.1 Å². The number of hydrogen-bond donors (Lipinski definition) is 0. The van der Waals surface area contributed by atoms with Gasteiger partial charge in [0.2, 0.25) is 0 Å². The quantitative estimate of drug-likeness (QED) is 0.555. The normalized spacial score (nSPS) is 12.6. The molecule has 17 heavy (non-hydrogen) atoms. The van der Waals surface area contributed by atoms with Gasteiger partial charge in [-0.2, -0.15) is 26.3 Å². The summed E-state index contributed by atoms with van der Waals surface area (Å²) in [6.07, 6.45) is -10.3. The van der Waals surface area contributed by atoms with Crippen LogP contribution in [0.25, 0.3) is 0 Å². The molecule has 1 rings (SSSR count). The van der Waals surface area contributed by atoms with Crippen molar-refractivity contribution in [3.8, 4) is 0 Å². The van der Waals surface area contributed by atoms with Crippen molar-refractivity contribution in [1.82, 2.24) is 0 Å². The van der Waals surface area contributed by atoms with E-state index in [0.717, 1.165) is 0 Å². The van der Waals surface area contributed by atoms with Crippen molar-refractivity contribution in [3.63, 3.8) is 0 Å². The highest BCUT2D eigenvalue weighted by molar-refractivity contribution is 6.32. The van der Waals surface area contributed by atoms with Gasteiger partial charge < -0.3 is 0 Å². The van der Waals surface area contributed by atoms with Gasteiger partial charge in [-0.25, -0.2) is 0 Å². The maximum absolute atomic E-state index is 12.5. The van der Waals surface area contributed by atoms with Crippen molar-refractivity contribution >= 4 is 17.9 Å². The molecular weight excluding hydrogens is 274 g/mol. The first kappa shape index (κ1) is 13.8. The Labute approximate surface area is 96.0 Å². The topological polar surface area (TPSA) is 17.1 Å². The van der Waals surface area contributed by atoms with Crippen LogP contribution in [0.3, 0.4) is 0 Å².